The molecule has 1 spiro atoms. The second-order valence-corrected chi connectivity index (χ2v) is 9.73. The molecule has 152 valence electrons. The molecule has 3 aliphatic carbocycles. The molecule has 0 bridgehead atoms. The largest absolute Gasteiger partial charge is 0.397 e. The van der Waals surface area contributed by atoms with E-state index in [4.69, 9.17) is 11.5 Å². The third-order valence-electron chi connectivity index (χ3n) is 8.06. The number of benzene rings is 2. The fourth-order valence-corrected chi connectivity index (χ4v) is 6.15. The normalized spacial score (nSPS) is 28.8. The molecule has 1 aliphatic heterocycles. The Morgan fingerprint density at radius 2 is 1.97 bits per heavy atom. The van der Waals surface area contributed by atoms with Crippen LogP contribution in [-0.2, 0) is 13.0 Å². The zero-order chi connectivity index (χ0) is 20.0. The van der Waals surface area contributed by atoms with E-state index in [1.54, 1.807) is 5.57 Å². The van der Waals surface area contributed by atoms with Crippen LogP contribution < -0.4 is 16.4 Å². The quantitative estimate of drug-likeness (QED) is 0.635. The molecule has 2 heterocycles. The smallest absolute Gasteiger partial charge is 0.0960 e. The number of hydrogen-bond donors (Lipinski definition) is 2. The molecule has 4 N–H and O–H groups in total. The Bertz CT molecular complexity index is 1220. The van der Waals surface area contributed by atoms with E-state index in [0.717, 1.165) is 34.8 Å². The molecule has 30 heavy (non-hydrogen) atoms. The van der Waals surface area contributed by atoms with Crippen molar-refractivity contribution in [3.8, 4) is 0 Å². The van der Waals surface area contributed by atoms with Gasteiger partial charge in [-0.3, -0.25) is 0 Å². The zero-order valence-corrected chi connectivity index (χ0v) is 17.1. The Balaban J connectivity index is 1.13. The summed E-state index contributed by atoms with van der Waals surface area (Å²) in [5.41, 5.74) is 21.2. The first-order chi connectivity index (χ1) is 14.7. The van der Waals surface area contributed by atoms with E-state index in [2.05, 4.69) is 44.9 Å². The fourth-order valence-electron chi connectivity index (χ4n) is 6.15. The third-order valence-corrected chi connectivity index (χ3v) is 8.06. The SMILES string of the molecule is NCc1ccc(N)c(N2C=C3CC(Cc4ccc5c(c4)ncn5C4CC4)C34CC24)c1. The van der Waals surface area contributed by atoms with Gasteiger partial charge in [0.05, 0.1) is 28.7 Å². The maximum absolute atomic E-state index is 6.33. The van der Waals surface area contributed by atoms with Crippen molar-refractivity contribution < 1.29 is 0 Å². The molecular weight excluding hydrogens is 370 g/mol. The second-order valence-electron chi connectivity index (χ2n) is 9.73. The summed E-state index contributed by atoms with van der Waals surface area (Å²) in [4.78, 5) is 7.12. The van der Waals surface area contributed by atoms with Gasteiger partial charge in [0.2, 0.25) is 0 Å². The molecule has 3 unspecified atom stereocenters. The summed E-state index contributed by atoms with van der Waals surface area (Å²) in [7, 11) is 0. The molecular formula is C25H27N5. The van der Waals surface area contributed by atoms with Gasteiger partial charge in [0, 0.05) is 30.2 Å². The number of nitrogens with zero attached hydrogens (tertiary/aromatic N) is 3. The Kier molecular flexibility index (Phi) is 3.20. The summed E-state index contributed by atoms with van der Waals surface area (Å²) in [5.74, 6) is 0.723. The van der Waals surface area contributed by atoms with Crippen LogP contribution in [0, 0.1) is 11.3 Å². The summed E-state index contributed by atoms with van der Waals surface area (Å²) >= 11 is 0. The summed E-state index contributed by atoms with van der Waals surface area (Å²) < 4.78 is 2.35. The lowest BCUT2D eigenvalue weighted by Crippen LogP contribution is -2.34. The Morgan fingerprint density at radius 3 is 2.77 bits per heavy atom. The molecule has 2 aromatic carbocycles. The molecule has 1 aromatic heterocycles. The van der Waals surface area contributed by atoms with Crippen LogP contribution in [0.1, 0.15) is 42.9 Å². The van der Waals surface area contributed by atoms with Gasteiger partial charge in [0.15, 0.2) is 0 Å². The van der Waals surface area contributed by atoms with Crippen LogP contribution in [0.5, 0.6) is 0 Å². The number of nitrogen functional groups attached to an aromatic ring is 1. The number of nitrogens with two attached hydrogens (primary N) is 2. The van der Waals surface area contributed by atoms with Crippen molar-refractivity contribution in [1.29, 1.82) is 0 Å². The summed E-state index contributed by atoms with van der Waals surface area (Å²) in [6.07, 6.45) is 10.6. The Morgan fingerprint density at radius 1 is 1.10 bits per heavy atom. The lowest BCUT2D eigenvalue weighted by Gasteiger charge is -2.39. The predicted molar refractivity (Wildman–Crippen MR) is 120 cm³/mol. The van der Waals surface area contributed by atoms with Crippen LogP contribution in [-0.4, -0.2) is 15.6 Å². The predicted octanol–water partition coefficient (Wildman–Crippen LogP) is 4.14. The number of hydrogen-bond acceptors (Lipinski definition) is 4. The van der Waals surface area contributed by atoms with Gasteiger partial charge in [-0.15, -0.1) is 0 Å². The summed E-state index contributed by atoms with van der Waals surface area (Å²) in [5, 5.41) is 0. The highest BCUT2D eigenvalue weighted by Crippen LogP contribution is 2.74. The second kappa shape index (κ2) is 5.67. The molecule has 3 atom stereocenters. The van der Waals surface area contributed by atoms with Crippen molar-refractivity contribution in [1.82, 2.24) is 9.55 Å². The highest BCUT2D eigenvalue weighted by atomic mass is 15.2. The molecule has 0 radical (unpaired) electrons. The summed E-state index contributed by atoms with van der Waals surface area (Å²) in [6, 6.07) is 14.4. The monoisotopic (exact) mass is 397 g/mol. The molecule has 0 amide bonds. The van der Waals surface area contributed by atoms with Crippen molar-refractivity contribution in [2.45, 2.75) is 50.7 Å². The van der Waals surface area contributed by atoms with E-state index in [1.165, 1.54) is 36.8 Å². The van der Waals surface area contributed by atoms with Crippen LogP contribution in [0.3, 0.4) is 0 Å². The zero-order valence-electron chi connectivity index (χ0n) is 17.1. The molecule has 3 saturated carbocycles. The van der Waals surface area contributed by atoms with Gasteiger partial charge in [-0.05, 0) is 79.0 Å². The highest BCUT2D eigenvalue weighted by Gasteiger charge is 2.71. The molecule has 0 saturated heterocycles. The minimum Gasteiger partial charge on any atom is -0.397 e. The minimum absolute atomic E-state index is 0.382. The number of anilines is 2. The van der Waals surface area contributed by atoms with Crippen molar-refractivity contribution in [3.05, 3.63) is 65.6 Å². The van der Waals surface area contributed by atoms with Crippen molar-refractivity contribution in [3.63, 3.8) is 0 Å². The van der Waals surface area contributed by atoms with E-state index in [0.29, 0.717) is 24.0 Å². The molecule has 5 nitrogen and oxygen atoms in total. The first kappa shape index (κ1) is 16.9. The molecule has 3 fully saturated rings. The molecule has 3 aromatic rings. The molecule has 4 aliphatic rings. The van der Waals surface area contributed by atoms with Crippen LogP contribution in [0.25, 0.3) is 11.0 Å². The van der Waals surface area contributed by atoms with Crippen molar-refractivity contribution in [2.24, 2.45) is 17.1 Å². The van der Waals surface area contributed by atoms with Gasteiger partial charge in [-0.25, -0.2) is 4.98 Å². The Labute approximate surface area is 176 Å². The van der Waals surface area contributed by atoms with Crippen molar-refractivity contribution >= 4 is 22.4 Å². The van der Waals surface area contributed by atoms with E-state index >= 15 is 0 Å². The lowest BCUT2D eigenvalue weighted by atomic mass is 9.64. The van der Waals surface area contributed by atoms with Gasteiger partial charge in [0.1, 0.15) is 0 Å². The first-order valence-corrected chi connectivity index (χ1v) is 11.2. The number of aromatic nitrogens is 2. The molecule has 7 rings (SSSR count). The average Bonchev–Trinajstić information content (AvgIpc) is 3.67. The topological polar surface area (TPSA) is 73.1 Å². The van der Waals surface area contributed by atoms with E-state index in [-0.39, 0.29) is 0 Å². The van der Waals surface area contributed by atoms with E-state index in [9.17, 15) is 0 Å². The van der Waals surface area contributed by atoms with E-state index < -0.39 is 0 Å². The van der Waals surface area contributed by atoms with Gasteiger partial charge in [-0.2, -0.15) is 0 Å². The minimum atomic E-state index is 0.382. The van der Waals surface area contributed by atoms with Crippen molar-refractivity contribution in [2.75, 3.05) is 10.6 Å². The van der Waals surface area contributed by atoms with Crippen LogP contribution in [0.2, 0.25) is 0 Å². The maximum atomic E-state index is 6.33. The van der Waals surface area contributed by atoms with Crippen LogP contribution in [0.4, 0.5) is 11.4 Å². The fraction of sp³-hybridized carbons (Fsp3) is 0.400. The molecule has 5 heteroatoms. The third kappa shape index (κ3) is 2.19. The van der Waals surface area contributed by atoms with Crippen LogP contribution in [0.15, 0.2) is 54.5 Å². The number of imidazole rings is 1. The first-order valence-electron chi connectivity index (χ1n) is 11.2. The van der Waals surface area contributed by atoms with E-state index in [1.807, 2.05) is 18.5 Å². The van der Waals surface area contributed by atoms with Gasteiger partial charge >= 0.3 is 0 Å². The number of fused-ring (bicyclic) bond motifs is 1. The standard InChI is InChI=1S/C25H27N5/c26-12-16-1-5-20(27)23(9-16)29-13-18-10-17(25(18)11-24(25)29)7-15-2-6-22-21(8-15)28-14-30(22)19-3-4-19/h1-2,5-6,8-9,13-14,17,19,24H,3-4,7,10-12,26-27H2. The highest BCUT2D eigenvalue weighted by molar-refractivity contribution is 5.77. The van der Waals surface area contributed by atoms with Gasteiger partial charge in [-0.1, -0.05) is 12.1 Å². The van der Waals surface area contributed by atoms with Gasteiger partial charge < -0.3 is 20.9 Å². The number of rotatable bonds is 5. The van der Waals surface area contributed by atoms with Crippen LogP contribution >= 0.6 is 0 Å². The Hall–Kier alpha value is -2.79. The average molecular weight is 398 g/mol. The lowest BCUT2D eigenvalue weighted by molar-refractivity contribution is 0.250. The maximum Gasteiger partial charge on any atom is 0.0960 e. The summed E-state index contributed by atoms with van der Waals surface area (Å²) in [6.45, 7) is 0.551. The van der Waals surface area contributed by atoms with Gasteiger partial charge in [0.25, 0.3) is 0 Å².